The van der Waals surface area contributed by atoms with Crippen molar-refractivity contribution >= 4 is 11.8 Å². The van der Waals surface area contributed by atoms with Crippen molar-refractivity contribution in [3.63, 3.8) is 0 Å². The van der Waals surface area contributed by atoms with Crippen molar-refractivity contribution in [2.24, 2.45) is 0 Å². The second kappa shape index (κ2) is 5.29. The molecule has 6 heteroatoms. The Morgan fingerprint density at radius 2 is 2.25 bits per heavy atom. The van der Waals surface area contributed by atoms with Crippen molar-refractivity contribution in [1.29, 1.82) is 0 Å². The van der Waals surface area contributed by atoms with Crippen LogP contribution < -0.4 is 10.6 Å². The maximum absolute atomic E-state index is 11.5. The van der Waals surface area contributed by atoms with Crippen LogP contribution in [0.1, 0.15) is 25.1 Å². The first-order chi connectivity index (χ1) is 7.50. The summed E-state index contributed by atoms with van der Waals surface area (Å²) in [6, 6.07) is -0.523. The Bertz CT molecular complexity index is 386. The zero-order chi connectivity index (χ0) is 12.1. The Hall–Kier alpha value is -1.85. The normalized spacial score (nSPS) is 11.9. The fraction of sp³-hybridized carbons (Fsp3) is 0.500. The predicted octanol–water partition coefficient (Wildman–Crippen LogP) is -0.141. The summed E-state index contributed by atoms with van der Waals surface area (Å²) in [4.78, 5) is 22.3. The Labute approximate surface area is 93.8 Å². The summed E-state index contributed by atoms with van der Waals surface area (Å²) in [7, 11) is 0. The third kappa shape index (κ3) is 3.38. The molecule has 0 spiro atoms. The number of carbonyl (C=O) groups excluding carboxylic acids is 2. The first-order valence-electron chi connectivity index (χ1n) is 5.04. The second-order valence-electron chi connectivity index (χ2n) is 3.66. The van der Waals surface area contributed by atoms with E-state index in [1.54, 1.807) is 13.1 Å². The molecule has 0 aliphatic heterocycles. The van der Waals surface area contributed by atoms with Crippen molar-refractivity contribution in [3.8, 4) is 0 Å². The van der Waals surface area contributed by atoms with Gasteiger partial charge in [-0.05, 0) is 13.8 Å². The van der Waals surface area contributed by atoms with Crippen molar-refractivity contribution in [3.05, 3.63) is 17.5 Å². The fourth-order valence-corrected chi connectivity index (χ4v) is 1.26. The van der Waals surface area contributed by atoms with Crippen LogP contribution in [0, 0.1) is 6.92 Å². The van der Waals surface area contributed by atoms with E-state index in [9.17, 15) is 9.59 Å². The van der Waals surface area contributed by atoms with Gasteiger partial charge in [-0.2, -0.15) is 5.10 Å². The van der Waals surface area contributed by atoms with Gasteiger partial charge in [0, 0.05) is 24.7 Å². The summed E-state index contributed by atoms with van der Waals surface area (Å²) in [5.74, 6) is -0.432. The lowest BCUT2D eigenvalue weighted by Crippen LogP contribution is -2.43. The number of aromatic amines is 1. The summed E-state index contributed by atoms with van der Waals surface area (Å²) in [5, 5.41) is 11.9. The SMILES string of the molecule is CC(=O)NC(C)C(=O)NCc1cn[nH]c1C. The average Bonchev–Trinajstić information content (AvgIpc) is 2.59. The van der Waals surface area contributed by atoms with E-state index >= 15 is 0 Å². The number of nitrogens with zero attached hydrogens (tertiary/aromatic N) is 1. The lowest BCUT2D eigenvalue weighted by molar-refractivity contribution is -0.127. The Balaban J connectivity index is 2.41. The highest BCUT2D eigenvalue weighted by Gasteiger charge is 2.13. The van der Waals surface area contributed by atoms with Crippen LogP contribution >= 0.6 is 0 Å². The van der Waals surface area contributed by atoms with Crippen LogP contribution in [0.25, 0.3) is 0 Å². The Kier molecular flexibility index (Phi) is 4.04. The molecule has 0 radical (unpaired) electrons. The molecule has 3 N–H and O–H groups in total. The topological polar surface area (TPSA) is 86.9 Å². The van der Waals surface area contributed by atoms with Gasteiger partial charge in [-0.1, -0.05) is 0 Å². The second-order valence-corrected chi connectivity index (χ2v) is 3.66. The number of H-pyrrole nitrogens is 1. The number of aromatic nitrogens is 2. The molecule has 1 unspecified atom stereocenters. The van der Waals surface area contributed by atoms with Gasteiger partial charge in [0.05, 0.1) is 6.20 Å². The molecule has 0 aliphatic carbocycles. The molecule has 1 atom stereocenters. The van der Waals surface area contributed by atoms with Crippen molar-refractivity contribution < 1.29 is 9.59 Å². The Morgan fingerprint density at radius 3 is 2.75 bits per heavy atom. The lowest BCUT2D eigenvalue weighted by Gasteiger charge is -2.12. The molecule has 0 bridgehead atoms. The van der Waals surface area contributed by atoms with E-state index < -0.39 is 6.04 Å². The Morgan fingerprint density at radius 1 is 1.56 bits per heavy atom. The number of aryl methyl sites for hydroxylation is 1. The molecule has 0 saturated heterocycles. The average molecular weight is 224 g/mol. The molecule has 88 valence electrons. The molecular formula is C10H16N4O2. The summed E-state index contributed by atoms with van der Waals surface area (Å²) in [6.07, 6.45) is 1.67. The maximum Gasteiger partial charge on any atom is 0.242 e. The zero-order valence-corrected chi connectivity index (χ0v) is 9.63. The standard InChI is InChI=1S/C10H16N4O2/c1-6-9(5-12-14-6)4-11-10(16)7(2)13-8(3)15/h5,7H,4H2,1-3H3,(H,11,16)(H,12,14)(H,13,15). The maximum atomic E-state index is 11.5. The third-order valence-electron chi connectivity index (χ3n) is 2.20. The van der Waals surface area contributed by atoms with Gasteiger partial charge in [0.2, 0.25) is 11.8 Å². The van der Waals surface area contributed by atoms with E-state index in [4.69, 9.17) is 0 Å². The number of carbonyl (C=O) groups is 2. The van der Waals surface area contributed by atoms with Crippen LogP contribution in [-0.4, -0.2) is 28.1 Å². The highest BCUT2D eigenvalue weighted by molar-refractivity contribution is 5.86. The van der Waals surface area contributed by atoms with Crippen molar-refractivity contribution in [2.75, 3.05) is 0 Å². The zero-order valence-electron chi connectivity index (χ0n) is 9.63. The molecule has 2 amide bonds. The molecule has 0 aromatic carbocycles. The smallest absolute Gasteiger partial charge is 0.242 e. The minimum atomic E-state index is -0.523. The van der Waals surface area contributed by atoms with E-state index in [1.165, 1.54) is 6.92 Å². The van der Waals surface area contributed by atoms with Gasteiger partial charge >= 0.3 is 0 Å². The highest BCUT2D eigenvalue weighted by atomic mass is 16.2. The van der Waals surface area contributed by atoms with Gasteiger partial charge in [-0.25, -0.2) is 0 Å². The molecule has 1 aromatic rings. The molecule has 1 aromatic heterocycles. The van der Waals surface area contributed by atoms with Crippen molar-refractivity contribution in [1.82, 2.24) is 20.8 Å². The predicted molar refractivity (Wildman–Crippen MR) is 58.5 cm³/mol. The number of hydrogen-bond acceptors (Lipinski definition) is 3. The van der Waals surface area contributed by atoms with Gasteiger partial charge in [0.1, 0.15) is 6.04 Å². The number of hydrogen-bond donors (Lipinski definition) is 3. The van der Waals surface area contributed by atoms with Gasteiger partial charge in [0.25, 0.3) is 0 Å². The lowest BCUT2D eigenvalue weighted by atomic mass is 10.2. The van der Waals surface area contributed by atoms with Gasteiger partial charge in [0.15, 0.2) is 0 Å². The minimum absolute atomic E-state index is 0.212. The third-order valence-corrected chi connectivity index (χ3v) is 2.20. The van der Waals surface area contributed by atoms with E-state index in [0.29, 0.717) is 6.54 Å². The molecule has 0 aliphatic rings. The van der Waals surface area contributed by atoms with Gasteiger partial charge in [-0.15, -0.1) is 0 Å². The number of amides is 2. The van der Waals surface area contributed by atoms with Gasteiger partial charge < -0.3 is 10.6 Å². The summed E-state index contributed by atoms with van der Waals surface area (Å²) < 4.78 is 0. The first-order valence-corrected chi connectivity index (χ1v) is 5.04. The van der Waals surface area contributed by atoms with Crippen molar-refractivity contribution in [2.45, 2.75) is 33.4 Å². The number of nitrogens with one attached hydrogen (secondary N) is 3. The van der Waals surface area contributed by atoms with Crippen LogP contribution in [0.5, 0.6) is 0 Å². The molecule has 0 fully saturated rings. The van der Waals surface area contributed by atoms with Crippen LogP contribution in [0.2, 0.25) is 0 Å². The molecule has 1 rings (SSSR count). The monoisotopic (exact) mass is 224 g/mol. The van der Waals surface area contributed by atoms with E-state index in [-0.39, 0.29) is 11.8 Å². The van der Waals surface area contributed by atoms with Crippen LogP contribution in [0.3, 0.4) is 0 Å². The summed E-state index contributed by atoms with van der Waals surface area (Å²) in [6.45, 7) is 5.31. The molecule has 0 saturated carbocycles. The number of rotatable bonds is 4. The van der Waals surface area contributed by atoms with Crippen LogP contribution in [0.15, 0.2) is 6.20 Å². The molecule has 1 heterocycles. The quantitative estimate of drug-likeness (QED) is 0.665. The summed E-state index contributed by atoms with van der Waals surface area (Å²) >= 11 is 0. The largest absolute Gasteiger partial charge is 0.350 e. The fourth-order valence-electron chi connectivity index (χ4n) is 1.26. The van der Waals surface area contributed by atoms with Gasteiger partial charge in [-0.3, -0.25) is 14.7 Å². The van der Waals surface area contributed by atoms with Crippen LogP contribution in [-0.2, 0) is 16.1 Å². The first kappa shape index (κ1) is 12.2. The molecule has 16 heavy (non-hydrogen) atoms. The molecule has 6 nitrogen and oxygen atoms in total. The molecular weight excluding hydrogens is 208 g/mol. The minimum Gasteiger partial charge on any atom is -0.350 e. The summed E-state index contributed by atoms with van der Waals surface area (Å²) in [5.41, 5.74) is 1.86. The van der Waals surface area contributed by atoms with Crippen LogP contribution in [0.4, 0.5) is 0 Å². The van der Waals surface area contributed by atoms with E-state index in [1.807, 2.05) is 6.92 Å². The highest BCUT2D eigenvalue weighted by Crippen LogP contribution is 2.01. The van der Waals surface area contributed by atoms with E-state index in [0.717, 1.165) is 11.3 Å². The van der Waals surface area contributed by atoms with E-state index in [2.05, 4.69) is 20.8 Å².